The zero-order valence-corrected chi connectivity index (χ0v) is 7.53. The molecule has 1 aromatic rings. The second-order valence-corrected chi connectivity index (χ2v) is 2.71. The SMILES string of the molecule is CC(C)C(N)=O.c1ccccc1. The maximum atomic E-state index is 9.92. The molecule has 0 aromatic heterocycles. The quantitative estimate of drug-likeness (QED) is 0.677. The molecule has 0 aliphatic rings. The molecular weight excluding hydrogens is 150 g/mol. The van der Waals surface area contributed by atoms with Crippen LogP contribution in [0.5, 0.6) is 0 Å². The smallest absolute Gasteiger partial charge is 0.219 e. The van der Waals surface area contributed by atoms with E-state index in [9.17, 15) is 4.79 Å². The summed E-state index contributed by atoms with van der Waals surface area (Å²) in [5.41, 5.74) is 4.80. The van der Waals surface area contributed by atoms with Gasteiger partial charge in [0.2, 0.25) is 5.91 Å². The number of carbonyl (C=O) groups excluding carboxylic acids is 1. The van der Waals surface area contributed by atoms with E-state index in [0.717, 1.165) is 0 Å². The molecular formula is C10H15NO. The van der Waals surface area contributed by atoms with Crippen molar-refractivity contribution in [2.24, 2.45) is 11.7 Å². The summed E-state index contributed by atoms with van der Waals surface area (Å²) in [6.45, 7) is 3.53. The molecule has 1 rings (SSSR count). The molecule has 66 valence electrons. The second kappa shape index (κ2) is 6.40. The van der Waals surface area contributed by atoms with Crippen molar-refractivity contribution in [1.82, 2.24) is 0 Å². The first-order chi connectivity index (χ1) is 5.64. The Balaban J connectivity index is 0.000000202. The Morgan fingerprint density at radius 1 is 1.00 bits per heavy atom. The Bertz CT molecular complexity index is 180. The molecule has 0 atom stereocenters. The largest absolute Gasteiger partial charge is 0.369 e. The predicted octanol–water partition coefficient (Wildman–Crippen LogP) is 1.81. The van der Waals surface area contributed by atoms with Crippen LogP contribution in [0.25, 0.3) is 0 Å². The first-order valence-electron chi connectivity index (χ1n) is 3.94. The second-order valence-electron chi connectivity index (χ2n) is 2.71. The summed E-state index contributed by atoms with van der Waals surface area (Å²) in [4.78, 5) is 9.92. The number of hydrogen-bond acceptors (Lipinski definition) is 1. The van der Waals surface area contributed by atoms with E-state index in [4.69, 9.17) is 5.73 Å². The molecule has 0 aliphatic heterocycles. The van der Waals surface area contributed by atoms with Crippen LogP contribution in [0.15, 0.2) is 36.4 Å². The first-order valence-corrected chi connectivity index (χ1v) is 3.94. The van der Waals surface area contributed by atoms with Gasteiger partial charge in [-0.1, -0.05) is 50.2 Å². The van der Waals surface area contributed by atoms with E-state index >= 15 is 0 Å². The third-order valence-electron chi connectivity index (χ3n) is 1.24. The van der Waals surface area contributed by atoms with Gasteiger partial charge in [0.05, 0.1) is 0 Å². The average Bonchev–Trinajstić information content (AvgIpc) is 2.08. The van der Waals surface area contributed by atoms with Crippen LogP contribution in [0.4, 0.5) is 0 Å². The van der Waals surface area contributed by atoms with Gasteiger partial charge in [-0.05, 0) is 0 Å². The number of hydrogen-bond donors (Lipinski definition) is 1. The van der Waals surface area contributed by atoms with E-state index in [2.05, 4.69) is 0 Å². The topological polar surface area (TPSA) is 43.1 Å². The number of amides is 1. The molecule has 12 heavy (non-hydrogen) atoms. The zero-order valence-electron chi connectivity index (χ0n) is 7.53. The molecule has 1 aromatic carbocycles. The van der Waals surface area contributed by atoms with Crippen LogP contribution in [0.1, 0.15) is 13.8 Å². The summed E-state index contributed by atoms with van der Waals surface area (Å²) in [5, 5.41) is 0. The van der Waals surface area contributed by atoms with Gasteiger partial charge in [-0.25, -0.2) is 0 Å². The Morgan fingerprint density at radius 2 is 1.17 bits per heavy atom. The highest BCUT2D eigenvalue weighted by atomic mass is 16.1. The van der Waals surface area contributed by atoms with Gasteiger partial charge in [-0.15, -0.1) is 0 Å². The van der Waals surface area contributed by atoms with Crippen LogP contribution in [0.2, 0.25) is 0 Å². The lowest BCUT2D eigenvalue weighted by molar-refractivity contribution is -0.120. The minimum atomic E-state index is -0.241. The monoisotopic (exact) mass is 165 g/mol. The number of benzene rings is 1. The standard InChI is InChI=1S/C6H6.C4H9NO/c1-2-4-6-5-3-1;1-3(2)4(5)6/h1-6H;3H,1-2H3,(H2,5,6). The van der Waals surface area contributed by atoms with Gasteiger partial charge < -0.3 is 5.73 Å². The molecule has 2 heteroatoms. The summed E-state index contributed by atoms with van der Waals surface area (Å²) in [7, 11) is 0. The van der Waals surface area contributed by atoms with Crippen molar-refractivity contribution < 1.29 is 4.79 Å². The summed E-state index contributed by atoms with van der Waals surface area (Å²) >= 11 is 0. The number of carbonyl (C=O) groups is 1. The Morgan fingerprint density at radius 3 is 1.25 bits per heavy atom. The highest BCUT2D eigenvalue weighted by molar-refractivity contribution is 5.75. The van der Waals surface area contributed by atoms with Gasteiger partial charge in [0.25, 0.3) is 0 Å². The van der Waals surface area contributed by atoms with Crippen molar-refractivity contribution in [1.29, 1.82) is 0 Å². The summed E-state index contributed by atoms with van der Waals surface area (Å²) in [5.74, 6) is -0.250. The molecule has 0 unspecified atom stereocenters. The average molecular weight is 165 g/mol. The van der Waals surface area contributed by atoms with Gasteiger partial charge in [0.15, 0.2) is 0 Å². The maximum Gasteiger partial charge on any atom is 0.219 e. The van der Waals surface area contributed by atoms with Gasteiger partial charge >= 0.3 is 0 Å². The molecule has 0 saturated carbocycles. The maximum absolute atomic E-state index is 9.92. The molecule has 1 amide bonds. The van der Waals surface area contributed by atoms with Crippen LogP contribution in [-0.4, -0.2) is 5.91 Å². The normalized spacial score (nSPS) is 8.58. The fourth-order valence-corrected chi connectivity index (χ4v) is 0.385. The molecule has 0 heterocycles. The highest BCUT2D eigenvalue weighted by Gasteiger charge is 1.96. The lowest BCUT2D eigenvalue weighted by Gasteiger charge is -1.90. The lowest BCUT2D eigenvalue weighted by Crippen LogP contribution is -2.17. The van der Waals surface area contributed by atoms with Crippen molar-refractivity contribution in [3.63, 3.8) is 0 Å². The van der Waals surface area contributed by atoms with E-state index in [1.54, 1.807) is 13.8 Å². The third-order valence-corrected chi connectivity index (χ3v) is 1.24. The van der Waals surface area contributed by atoms with Crippen LogP contribution >= 0.6 is 0 Å². The van der Waals surface area contributed by atoms with Crippen molar-refractivity contribution in [3.05, 3.63) is 36.4 Å². The van der Waals surface area contributed by atoms with E-state index in [0.29, 0.717) is 0 Å². The predicted molar refractivity (Wildman–Crippen MR) is 50.5 cm³/mol. The molecule has 2 nitrogen and oxygen atoms in total. The summed E-state index contributed by atoms with van der Waals surface area (Å²) in [6.07, 6.45) is 0. The van der Waals surface area contributed by atoms with Crippen LogP contribution < -0.4 is 5.73 Å². The fourth-order valence-electron chi connectivity index (χ4n) is 0.385. The van der Waals surface area contributed by atoms with Gasteiger partial charge in [0, 0.05) is 5.92 Å². The summed E-state index contributed by atoms with van der Waals surface area (Å²) in [6, 6.07) is 12.0. The van der Waals surface area contributed by atoms with Crippen molar-refractivity contribution in [3.8, 4) is 0 Å². The molecule has 0 radical (unpaired) electrons. The minimum Gasteiger partial charge on any atom is -0.369 e. The number of nitrogens with two attached hydrogens (primary N) is 1. The zero-order chi connectivity index (χ0) is 9.40. The van der Waals surface area contributed by atoms with Crippen LogP contribution in [0.3, 0.4) is 0 Å². The molecule has 0 spiro atoms. The Hall–Kier alpha value is -1.31. The molecule has 0 bridgehead atoms. The van der Waals surface area contributed by atoms with Crippen molar-refractivity contribution in [2.45, 2.75) is 13.8 Å². The van der Waals surface area contributed by atoms with E-state index in [1.165, 1.54) is 0 Å². The van der Waals surface area contributed by atoms with E-state index < -0.39 is 0 Å². The van der Waals surface area contributed by atoms with E-state index in [1.807, 2.05) is 36.4 Å². The van der Waals surface area contributed by atoms with Crippen LogP contribution in [-0.2, 0) is 4.79 Å². The molecule has 0 saturated heterocycles. The van der Waals surface area contributed by atoms with Crippen molar-refractivity contribution in [2.75, 3.05) is 0 Å². The molecule has 2 N–H and O–H groups in total. The third kappa shape index (κ3) is 6.81. The molecule has 0 aliphatic carbocycles. The van der Waals surface area contributed by atoms with E-state index in [-0.39, 0.29) is 11.8 Å². The number of rotatable bonds is 1. The van der Waals surface area contributed by atoms with Crippen molar-refractivity contribution >= 4 is 5.91 Å². The first kappa shape index (κ1) is 10.7. The van der Waals surface area contributed by atoms with Gasteiger partial charge in [-0.2, -0.15) is 0 Å². The lowest BCUT2D eigenvalue weighted by atomic mass is 10.2. The van der Waals surface area contributed by atoms with Gasteiger partial charge in [0.1, 0.15) is 0 Å². The minimum absolute atomic E-state index is 0.00926. The van der Waals surface area contributed by atoms with Gasteiger partial charge in [-0.3, -0.25) is 4.79 Å². The Labute approximate surface area is 73.4 Å². The Kier molecular flexibility index (Phi) is 5.70. The fraction of sp³-hybridized carbons (Fsp3) is 0.300. The van der Waals surface area contributed by atoms with Crippen LogP contribution in [0, 0.1) is 5.92 Å². The molecule has 0 fully saturated rings. The summed E-state index contributed by atoms with van der Waals surface area (Å²) < 4.78 is 0. The highest BCUT2D eigenvalue weighted by Crippen LogP contribution is 1.84. The number of primary amides is 1.